The summed E-state index contributed by atoms with van der Waals surface area (Å²) in [6.07, 6.45) is 1.47. The van der Waals surface area contributed by atoms with E-state index < -0.39 is 5.97 Å². The first-order valence-corrected chi connectivity index (χ1v) is 5.28. The van der Waals surface area contributed by atoms with Gasteiger partial charge in [0.1, 0.15) is 11.3 Å². The number of carbonyl (C=O) groups is 1. The summed E-state index contributed by atoms with van der Waals surface area (Å²) >= 11 is 5.88. The highest BCUT2D eigenvalue weighted by Gasteiger charge is 2.19. The Morgan fingerprint density at radius 3 is 2.69 bits per heavy atom. The van der Waals surface area contributed by atoms with Crippen LogP contribution in [0.3, 0.4) is 0 Å². The molecule has 3 N–H and O–H groups in total. The molecule has 1 rings (SSSR count). The molecule has 0 bridgehead atoms. The average Bonchev–Trinajstić information content (AvgIpc) is 2.24. The Kier molecular flexibility index (Phi) is 4.01. The Bertz CT molecular complexity index is 418. The molecule has 0 saturated carbocycles. The Morgan fingerprint density at radius 2 is 2.25 bits per heavy atom. The molecule has 0 heterocycles. The van der Waals surface area contributed by atoms with Crippen molar-refractivity contribution in [2.45, 2.75) is 19.8 Å². The first-order chi connectivity index (χ1) is 7.52. The highest BCUT2D eigenvalue weighted by molar-refractivity contribution is 6.33. The number of rotatable bonds is 4. The first kappa shape index (κ1) is 12.6. The maximum atomic E-state index is 11.0. The van der Waals surface area contributed by atoms with E-state index >= 15 is 0 Å². The van der Waals surface area contributed by atoms with Crippen LogP contribution in [0.15, 0.2) is 6.07 Å². The van der Waals surface area contributed by atoms with Gasteiger partial charge in [-0.05, 0) is 12.5 Å². The third-order valence-electron chi connectivity index (χ3n) is 2.31. The minimum Gasteiger partial charge on any atom is -0.495 e. The van der Waals surface area contributed by atoms with E-state index in [1.54, 1.807) is 0 Å². The molecule has 0 fully saturated rings. The van der Waals surface area contributed by atoms with E-state index in [0.29, 0.717) is 23.4 Å². The fraction of sp³-hybridized carbons (Fsp3) is 0.364. The zero-order valence-electron chi connectivity index (χ0n) is 9.21. The molecule has 88 valence electrons. The van der Waals surface area contributed by atoms with Crippen molar-refractivity contribution >= 4 is 23.3 Å². The maximum Gasteiger partial charge on any atom is 0.339 e. The van der Waals surface area contributed by atoms with Crippen LogP contribution < -0.4 is 10.5 Å². The van der Waals surface area contributed by atoms with Crippen LogP contribution in [0.4, 0.5) is 5.69 Å². The Hall–Kier alpha value is -1.42. The van der Waals surface area contributed by atoms with Crippen molar-refractivity contribution in [1.29, 1.82) is 0 Å². The molecule has 0 radical (unpaired) electrons. The number of hydrogen-bond donors (Lipinski definition) is 2. The van der Waals surface area contributed by atoms with E-state index in [1.807, 2.05) is 6.92 Å². The molecule has 0 amide bonds. The van der Waals surface area contributed by atoms with Gasteiger partial charge in [0.2, 0.25) is 0 Å². The van der Waals surface area contributed by atoms with E-state index in [4.69, 9.17) is 27.2 Å². The number of halogens is 1. The summed E-state index contributed by atoms with van der Waals surface area (Å²) in [7, 11) is 1.42. The third-order valence-corrected chi connectivity index (χ3v) is 2.62. The number of nitrogens with two attached hydrogens (primary N) is 1. The number of carboxylic acids is 1. The zero-order valence-corrected chi connectivity index (χ0v) is 9.97. The molecule has 1 aromatic rings. The lowest BCUT2D eigenvalue weighted by Gasteiger charge is -2.14. The summed E-state index contributed by atoms with van der Waals surface area (Å²) in [4.78, 5) is 11.0. The molecule has 0 aliphatic carbocycles. The molecule has 0 aromatic heterocycles. The van der Waals surface area contributed by atoms with Crippen LogP contribution in [0.25, 0.3) is 0 Å². The maximum absolute atomic E-state index is 11.0. The lowest BCUT2D eigenvalue weighted by atomic mass is 10.0. The van der Waals surface area contributed by atoms with E-state index in [-0.39, 0.29) is 10.6 Å². The van der Waals surface area contributed by atoms with Crippen molar-refractivity contribution in [2.24, 2.45) is 0 Å². The van der Waals surface area contributed by atoms with Crippen molar-refractivity contribution in [1.82, 2.24) is 0 Å². The van der Waals surface area contributed by atoms with E-state index in [9.17, 15) is 4.79 Å². The van der Waals surface area contributed by atoms with Crippen LogP contribution in [-0.2, 0) is 6.42 Å². The number of anilines is 1. The van der Waals surface area contributed by atoms with Crippen LogP contribution in [0.1, 0.15) is 29.3 Å². The largest absolute Gasteiger partial charge is 0.495 e. The molecule has 0 atom stereocenters. The zero-order chi connectivity index (χ0) is 12.3. The highest BCUT2D eigenvalue weighted by atomic mass is 35.5. The molecule has 0 saturated heterocycles. The van der Waals surface area contributed by atoms with Crippen LogP contribution in [0, 0.1) is 0 Å². The fourth-order valence-electron chi connectivity index (χ4n) is 1.59. The number of carboxylic acid groups (broad SMARTS) is 1. The summed E-state index contributed by atoms with van der Waals surface area (Å²) in [5.41, 5.74) is 6.91. The second kappa shape index (κ2) is 5.07. The van der Waals surface area contributed by atoms with E-state index in [1.165, 1.54) is 13.2 Å². The van der Waals surface area contributed by atoms with Crippen molar-refractivity contribution in [3.05, 3.63) is 22.2 Å². The third kappa shape index (κ3) is 2.22. The van der Waals surface area contributed by atoms with Gasteiger partial charge >= 0.3 is 5.97 Å². The molecule has 0 aliphatic rings. The quantitative estimate of drug-likeness (QED) is 0.798. The average molecular weight is 244 g/mol. The lowest BCUT2D eigenvalue weighted by molar-refractivity contribution is 0.0693. The highest BCUT2D eigenvalue weighted by Crippen LogP contribution is 2.35. The molecule has 0 unspecified atom stereocenters. The van der Waals surface area contributed by atoms with Crippen molar-refractivity contribution < 1.29 is 14.6 Å². The van der Waals surface area contributed by atoms with Gasteiger partial charge in [-0.1, -0.05) is 24.9 Å². The minimum atomic E-state index is -1.07. The minimum absolute atomic E-state index is 0.0464. The number of methoxy groups -OCH3 is 1. The van der Waals surface area contributed by atoms with Crippen LogP contribution in [-0.4, -0.2) is 18.2 Å². The van der Waals surface area contributed by atoms with E-state index in [0.717, 1.165) is 6.42 Å². The molecule has 5 heteroatoms. The molecular formula is C11H14ClNO3. The van der Waals surface area contributed by atoms with Gasteiger partial charge in [-0.15, -0.1) is 0 Å². The second-order valence-corrected chi connectivity index (χ2v) is 3.79. The van der Waals surface area contributed by atoms with Crippen molar-refractivity contribution in [3.8, 4) is 5.75 Å². The van der Waals surface area contributed by atoms with Crippen LogP contribution in [0.2, 0.25) is 5.02 Å². The molecule has 1 aromatic carbocycles. The molecule has 16 heavy (non-hydrogen) atoms. The molecule has 0 spiro atoms. The summed E-state index contributed by atoms with van der Waals surface area (Å²) in [5, 5.41) is 9.28. The Balaban J connectivity index is 3.48. The van der Waals surface area contributed by atoms with Gasteiger partial charge < -0.3 is 15.6 Å². The number of hydrogen-bond acceptors (Lipinski definition) is 3. The normalized spacial score (nSPS) is 10.2. The summed E-state index contributed by atoms with van der Waals surface area (Å²) in [6, 6.07) is 1.32. The van der Waals surface area contributed by atoms with E-state index in [2.05, 4.69) is 0 Å². The number of benzene rings is 1. The number of aromatic carboxylic acids is 1. The molecular weight excluding hydrogens is 230 g/mol. The monoisotopic (exact) mass is 243 g/mol. The van der Waals surface area contributed by atoms with Crippen LogP contribution >= 0.6 is 11.6 Å². The smallest absolute Gasteiger partial charge is 0.339 e. The molecule has 4 nitrogen and oxygen atoms in total. The van der Waals surface area contributed by atoms with Gasteiger partial charge in [0.15, 0.2) is 0 Å². The Labute approximate surface area is 99.0 Å². The number of nitrogen functional groups attached to an aromatic ring is 1. The summed E-state index contributed by atoms with van der Waals surface area (Å²) < 4.78 is 5.11. The van der Waals surface area contributed by atoms with Gasteiger partial charge in [-0.2, -0.15) is 0 Å². The standard InChI is InChI=1S/C11H14ClNO3/c1-3-4-6-9(13)8(12)5-7(11(14)15)10(6)16-2/h5H,3-4,13H2,1-2H3,(H,14,15). The van der Waals surface area contributed by atoms with Crippen LogP contribution in [0.5, 0.6) is 5.75 Å². The molecule has 0 aliphatic heterocycles. The predicted molar refractivity (Wildman–Crippen MR) is 63.4 cm³/mol. The SMILES string of the molecule is CCCc1c(N)c(Cl)cc(C(=O)O)c1OC. The van der Waals surface area contributed by atoms with Gasteiger partial charge in [-0.25, -0.2) is 4.79 Å². The van der Waals surface area contributed by atoms with Gasteiger partial charge in [0.05, 0.1) is 17.8 Å². The lowest BCUT2D eigenvalue weighted by Crippen LogP contribution is -2.07. The predicted octanol–water partition coefficient (Wildman–Crippen LogP) is 2.58. The first-order valence-electron chi connectivity index (χ1n) is 4.91. The Morgan fingerprint density at radius 1 is 1.62 bits per heavy atom. The fourth-order valence-corrected chi connectivity index (χ4v) is 1.81. The summed E-state index contributed by atoms with van der Waals surface area (Å²) in [5.74, 6) is -0.771. The summed E-state index contributed by atoms with van der Waals surface area (Å²) in [6.45, 7) is 1.97. The number of ether oxygens (including phenoxy) is 1. The van der Waals surface area contributed by atoms with Gasteiger partial charge in [0, 0.05) is 5.56 Å². The second-order valence-electron chi connectivity index (χ2n) is 3.39. The van der Waals surface area contributed by atoms with Gasteiger partial charge in [0.25, 0.3) is 0 Å². The van der Waals surface area contributed by atoms with Gasteiger partial charge in [-0.3, -0.25) is 0 Å². The topological polar surface area (TPSA) is 72.6 Å². The van der Waals surface area contributed by atoms with Crippen molar-refractivity contribution in [2.75, 3.05) is 12.8 Å². The van der Waals surface area contributed by atoms with Crippen molar-refractivity contribution in [3.63, 3.8) is 0 Å².